The summed E-state index contributed by atoms with van der Waals surface area (Å²) >= 11 is 0. The molecule has 1 aromatic heterocycles. The first-order valence-electron chi connectivity index (χ1n) is 9.49. The molecular weight excluding hydrogens is 350 g/mol. The van der Waals surface area contributed by atoms with E-state index >= 15 is 0 Å². The van der Waals surface area contributed by atoms with E-state index in [1.807, 2.05) is 36.4 Å². The summed E-state index contributed by atoms with van der Waals surface area (Å²) < 4.78 is 0. The third-order valence-corrected chi connectivity index (χ3v) is 4.89. The molecule has 0 bridgehead atoms. The van der Waals surface area contributed by atoms with E-state index in [1.54, 1.807) is 12.4 Å². The Hall–Kier alpha value is -3.41. The normalized spacial score (nSPS) is 14.0. The maximum Gasteiger partial charge on any atom is 0.271 e. The molecule has 28 heavy (non-hydrogen) atoms. The number of para-hydroxylation sites is 1. The Balaban J connectivity index is 1.31. The highest BCUT2D eigenvalue weighted by molar-refractivity contribution is 5.91. The van der Waals surface area contributed by atoms with Crippen LogP contribution < -0.4 is 15.1 Å². The van der Waals surface area contributed by atoms with Crippen LogP contribution in [0.5, 0.6) is 0 Å². The minimum absolute atomic E-state index is 0.211. The summed E-state index contributed by atoms with van der Waals surface area (Å²) in [6, 6.07) is 20.2. The number of anilines is 2. The molecule has 2 aromatic carbocycles. The van der Waals surface area contributed by atoms with Crippen LogP contribution in [-0.4, -0.2) is 42.1 Å². The number of hydrogen-bond acceptors (Lipinski definition) is 5. The van der Waals surface area contributed by atoms with E-state index in [4.69, 9.17) is 0 Å². The van der Waals surface area contributed by atoms with Gasteiger partial charge in [-0.15, -0.1) is 0 Å². The van der Waals surface area contributed by atoms with Gasteiger partial charge in [0.1, 0.15) is 11.5 Å². The van der Waals surface area contributed by atoms with Crippen LogP contribution in [0.2, 0.25) is 0 Å². The van der Waals surface area contributed by atoms with Crippen molar-refractivity contribution in [3.8, 4) is 0 Å². The average Bonchev–Trinajstić information content (AvgIpc) is 2.79. The Morgan fingerprint density at radius 2 is 1.46 bits per heavy atom. The maximum atomic E-state index is 12.3. The molecule has 1 fully saturated rings. The first kappa shape index (κ1) is 18.0. The van der Waals surface area contributed by atoms with Gasteiger partial charge in [-0.1, -0.05) is 48.5 Å². The molecule has 1 aliphatic rings. The predicted molar refractivity (Wildman–Crippen MR) is 111 cm³/mol. The number of hydrogen-bond donors (Lipinski definition) is 1. The number of amides is 1. The van der Waals surface area contributed by atoms with E-state index in [1.165, 1.54) is 5.69 Å². The summed E-state index contributed by atoms with van der Waals surface area (Å²) in [5.41, 5.74) is 2.64. The zero-order valence-corrected chi connectivity index (χ0v) is 15.7. The lowest BCUT2D eigenvalue weighted by Crippen LogP contribution is -2.46. The van der Waals surface area contributed by atoms with Crippen LogP contribution >= 0.6 is 0 Å². The molecule has 3 aromatic rings. The van der Waals surface area contributed by atoms with E-state index in [0.29, 0.717) is 12.2 Å². The molecule has 1 saturated heterocycles. The van der Waals surface area contributed by atoms with Crippen molar-refractivity contribution >= 4 is 17.4 Å². The van der Waals surface area contributed by atoms with Gasteiger partial charge in [0.25, 0.3) is 5.91 Å². The van der Waals surface area contributed by atoms with E-state index in [2.05, 4.69) is 49.4 Å². The quantitative estimate of drug-likeness (QED) is 0.745. The fourth-order valence-corrected chi connectivity index (χ4v) is 3.30. The first-order valence-corrected chi connectivity index (χ1v) is 9.49. The molecule has 6 nitrogen and oxygen atoms in total. The lowest BCUT2D eigenvalue weighted by Gasteiger charge is -2.36. The molecule has 1 amide bonds. The molecule has 2 heterocycles. The highest BCUT2D eigenvalue weighted by atomic mass is 16.1. The van der Waals surface area contributed by atoms with Gasteiger partial charge < -0.3 is 15.1 Å². The van der Waals surface area contributed by atoms with Crippen LogP contribution in [0.25, 0.3) is 0 Å². The van der Waals surface area contributed by atoms with Gasteiger partial charge in [-0.3, -0.25) is 4.79 Å². The van der Waals surface area contributed by atoms with Crippen LogP contribution in [-0.2, 0) is 6.54 Å². The van der Waals surface area contributed by atoms with Crippen molar-refractivity contribution in [1.29, 1.82) is 0 Å². The van der Waals surface area contributed by atoms with Crippen LogP contribution in [0.1, 0.15) is 16.1 Å². The van der Waals surface area contributed by atoms with Crippen LogP contribution in [0.15, 0.2) is 73.1 Å². The summed E-state index contributed by atoms with van der Waals surface area (Å²) in [5, 5.41) is 2.88. The summed E-state index contributed by atoms with van der Waals surface area (Å²) in [4.78, 5) is 25.6. The van der Waals surface area contributed by atoms with Crippen molar-refractivity contribution in [1.82, 2.24) is 15.3 Å². The number of nitrogens with zero attached hydrogens (tertiary/aromatic N) is 4. The van der Waals surface area contributed by atoms with Crippen molar-refractivity contribution in [3.05, 3.63) is 84.3 Å². The molecule has 0 aliphatic carbocycles. The second-order valence-corrected chi connectivity index (χ2v) is 6.74. The summed E-state index contributed by atoms with van der Waals surface area (Å²) in [5.74, 6) is 0.601. The molecule has 142 valence electrons. The van der Waals surface area contributed by atoms with Crippen molar-refractivity contribution in [2.24, 2.45) is 0 Å². The number of carbonyl (C=O) groups excluding carboxylic acids is 1. The van der Waals surface area contributed by atoms with Crippen LogP contribution in [0.3, 0.4) is 0 Å². The van der Waals surface area contributed by atoms with E-state index in [0.717, 1.165) is 37.6 Å². The third-order valence-electron chi connectivity index (χ3n) is 4.89. The molecule has 0 unspecified atom stereocenters. The second kappa shape index (κ2) is 8.52. The van der Waals surface area contributed by atoms with Gasteiger partial charge in [0, 0.05) is 38.4 Å². The molecule has 1 N–H and O–H groups in total. The van der Waals surface area contributed by atoms with Gasteiger partial charge in [0.2, 0.25) is 0 Å². The lowest BCUT2D eigenvalue weighted by molar-refractivity contribution is 0.0945. The maximum absolute atomic E-state index is 12.3. The Morgan fingerprint density at radius 1 is 0.821 bits per heavy atom. The predicted octanol–water partition coefficient (Wildman–Crippen LogP) is 2.73. The molecule has 6 heteroatoms. The number of aromatic nitrogens is 2. The number of carbonyl (C=O) groups is 1. The SMILES string of the molecule is O=C(NCc1ccccc1)c1cnc(N2CCN(c3ccccc3)CC2)cn1. The lowest BCUT2D eigenvalue weighted by atomic mass is 10.2. The minimum Gasteiger partial charge on any atom is -0.368 e. The monoisotopic (exact) mass is 373 g/mol. The van der Waals surface area contributed by atoms with Crippen molar-refractivity contribution < 1.29 is 4.79 Å². The van der Waals surface area contributed by atoms with Crippen LogP contribution in [0.4, 0.5) is 11.5 Å². The fourth-order valence-electron chi connectivity index (χ4n) is 3.30. The molecule has 4 rings (SSSR count). The van der Waals surface area contributed by atoms with E-state index in [-0.39, 0.29) is 5.91 Å². The van der Waals surface area contributed by atoms with E-state index < -0.39 is 0 Å². The number of rotatable bonds is 5. The number of nitrogens with one attached hydrogen (secondary N) is 1. The van der Waals surface area contributed by atoms with Crippen molar-refractivity contribution in [3.63, 3.8) is 0 Å². The zero-order chi connectivity index (χ0) is 19.2. The standard InChI is InChI=1S/C22H23N5O/c28-22(25-15-18-7-3-1-4-8-18)20-16-24-21(17-23-20)27-13-11-26(12-14-27)19-9-5-2-6-10-19/h1-10,16-17H,11-15H2,(H,25,28). The van der Waals surface area contributed by atoms with Gasteiger partial charge in [-0.25, -0.2) is 9.97 Å². The van der Waals surface area contributed by atoms with E-state index in [9.17, 15) is 4.79 Å². The first-order chi connectivity index (χ1) is 13.8. The Morgan fingerprint density at radius 3 is 2.11 bits per heavy atom. The zero-order valence-electron chi connectivity index (χ0n) is 15.7. The average molecular weight is 373 g/mol. The molecular formula is C22H23N5O. The van der Waals surface area contributed by atoms with Crippen LogP contribution in [0, 0.1) is 0 Å². The molecule has 1 aliphatic heterocycles. The van der Waals surface area contributed by atoms with Gasteiger partial charge >= 0.3 is 0 Å². The Bertz CT molecular complexity index is 891. The largest absolute Gasteiger partial charge is 0.368 e. The molecule has 0 atom stereocenters. The van der Waals surface area contributed by atoms with Crippen molar-refractivity contribution in [2.45, 2.75) is 6.54 Å². The molecule has 0 saturated carbocycles. The van der Waals surface area contributed by atoms with Gasteiger partial charge in [-0.05, 0) is 17.7 Å². The molecule has 0 spiro atoms. The third kappa shape index (κ3) is 4.28. The summed E-state index contributed by atoms with van der Waals surface area (Å²) in [6.07, 6.45) is 3.24. The molecule has 0 radical (unpaired) electrons. The van der Waals surface area contributed by atoms with Gasteiger partial charge in [0.05, 0.1) is 12.4 Å². The topological polar surface area (TPSA) is 61.4 Å². The highest BCUT2D eigenvalue weighted by Crippen LogP contribution is 2.18. The fraction of sp³-hybridized carbons (Fsp3) is 0.227. The number of piperazine rings is 1. The van der Waals surface area contributed by atoms with Crippen molar-refractivity contribution in [2.75, 3.05) is 36.0 Å². The summed E-state index contributed by atoms with van der Waals surface area (Å²) in [7, 11) is 0. The van der Waals surface area contributed by atoms with Gasteiger partial charge in [0.15, 0.2) is 0 Å². The highest BCUT2D eigenvalue weighted by Gasteiger charge is 2.19. The Kier molecular flexibility index (Phi) is 5.47. The smallest absolute Gasteiger partial charge is 0.271 e. The Labute approximate surface area is 164 Å². The number of benzene rings is 2. The minimum atomic E-state index is -0.211. The van der Waals surface area contributed by atoms with Gasteiger partial charge in [-0.2, -0.15) is 0 Å². The summed E-state index contributed by atoms with van der Waals surface area (Å²) in [6.45, 7) is 4.10. The second-order valence-electron chi connectivity index (χ2n) is 6.74.